The van der Waals surface area contributed by atoms with Crippen LogP contribution in [0.25, 0.3) is 10.9 Å². The molecule has 2 N–H and O–H groups in total. The van der Waals surface area contributed by atoms with E-state index in [0.717, 1.165) is 0 Å². The molecule has 0 aliphatic carbocycles. The lowest BCUT2D eigenvalue weighted by atomic mass is 10.0. The number of aliphatic carboxylic acids is 1. The van der Waals surface area contributed by atoms with Crippen LogP contribution in [0, 0.1) is 0 Å². The van der Waals surface area contributed by atoms with Crippen LogP contribution in [-0.4, -0.2) is 26.8 Å². The Morgan fingerprint density at radius 3 is 2.57 bits per heavy atom. The molecule has 116 valence electrons. The molecule has 2 heterocycles. The predicted molar refractivity (Wildman–Crippen MR) is 87.3 cm³/mol. The Labute approximate surface area is 140 Å². The lowest BCUT2D eigenvalue weighted by molar-refractivity contribution is -0.136. The predicted octanol–water partition coefficient (Wildman–Crippen LogP) is 3.73. The van der Waals surface area contributed by atoms with Gasteiger partial charge < -0.3 is 10.1 Å². The number of aromatic amines is 1. The van der Waals surface area contributed by atoms with Gasteiger partial charge in [-0.15, -0.1) is 0 Å². The van der Waals surface area contributed by atoms with Gasteiger partial charge in [0.05, 0.1) is 12.1 Å². The molecule has 23 heavy (non-hydrogen) atoms. The first-order valence-electron chi connectivity index (χ1n) is 6.64. The summed E-state index contributed by atoms with van der Waals surface area (Å²) in [6.45, 7) is 0. The van der Waals surface area contributed by atoms with Gasteiger partial charge >= 0.3 is 5.97 Å². The molecule has 0 saturated heterocycles. The van der Waals surface area contributed by atoms with Crippen molar-refractivity contribution in [1.29, 1.82) is 0 Å². The average Bonchev–Trinajstić information content (AvgIpc) is 2.83. The highest BCUT2D eigenvalue weighted by atomic mass is 35.5. The average molecular weight is 349 g/mol. The number of nitrogens with one attached hydrogen (secondary N) is 1. The molecule has 0 fully saturated rings. The summed E-state index contributed by atoms with van der Waals surface area (Å²) in [7, 11) is 0. The quantitative estimate of drug-likeness (QED) is 0.703. The maximum Gasteiger partial charge on any atom is 0.307 e. The minimum atomic E-state index is -1.03. The van der Waals surface area contributed by atoms with Crippen molar-refractivity contribution >= 4 is 45.9 Å². The number of nitrogens with zero attached hydrogens (tertiary/aromatic N) is 1. The molecular formula is C16H10Cl2N2O3. The summed E-state index contributed by atoms with van der Waals surface area (Å²) in [4.78, 5) is 30.8. The number of rotatable bonds is 4. The molecule has 2 aromatic heterocycles. The van der Waals surface area contributed by atoms with Crippen LogP contribution in [0.4, 0.5) is 0 Å². The maximum atomic E-state index is 12.7. The van der Waals surface area contributed by atoms with Crippen LogP contribution in [-0.2, 0) is 11.2 Å². The lowest BCUT2D eigenvalue weighted by Crippen LogP contribution is -2.10. The third kappa shape index (κ3) is 3.06. The second-order valence-electron chi connectivity index (χ2n) is 4.93. The number of ketones is 1. The first kappa shape index (κ1) is 15.5. The Kier molecular flexibility index (Phi) is 4.07. The number of hydrogen-bond donors (Lipinski definition) is 2. The van der Waals surface area contributed by atoms with Crippen LogP contribution in [0.2, 0.25) is 10.0 Å². The van der Waals surface area contributed by atoms with Crippen molar-refractivity contribution in [2.24, 2.45) is 0 Å². The summed E-state index contributed by atoms with van der Waals surface area (Å²) in [6, 6.07) is 7.97. The molecular weight excluding hydrogens is 339 g/mol. The first-order chi connectivity index (χ1) is 11.0. The SMILES string of the molecule is O=C(O)Cc1c(C(=O)c2cc(Cl)ccn2)[nH]c2cc(Cl)ccc12. The van der Waals surface area contributed by atoms with E-state index in [1.54, 1.807) is 24.3 Å². The second-order valence-corrected chi connectivity index (χ2v) is 5.80. The largest absolute Gasteiger partial charge is 0.481 e. The van der Waals surface area contributed by atoms with E-state index in [4.69, 9.17) is 28.3 Å². The lowest BCUT2D eigenvalue weighted by Gasteiger charge is -2.02. The number of carboxylic acid groups (broad SMARTS) is 1. The molecule has 3 aromatic rings. The number of carbonyl (C=O) groups excluding carboxylic acids is 1. The zero-order valence-electron chi connectivity index (χ0n) is 11.6. The van der Waals surface area contributed by atoms with Crippen molar-refractivity contribution < 1.29 is 14.7 Å². The van der Waals surface area contributed by atoms with Gasteiger partial charge in [0.25, 0.3) is 0 Å². The fourth-order valence-electron chi connectivity index (χ4n) is 2.41. The summed E-state index contributed by atoms with van der Waals surface area (Å²) in [5.74, 6) is -1.45. The van der Waals surface area contributed by atoms with E-state index in [9.17, 15) is 9.59 Å². The Balaban J connectivity index is 2.19. The standard InChI is InChI=1S/C16H10Cl2N2O3/c17-8-1-2-10-11(7-14(21)22)15(20-12(10)5-8)16(23)13-6-9(18)3-4-19-13/h1-6,20H,7H2,(H,21,22). The van der Waals surface area contributed by atoms with Crippen molar-refractivity contribution in [2.75, 3.05) is 0 Å². The van der Waals surface area contributed by atoms with Gasteiger partial charge in [0.1, 0.15) is 5.69 Å². The summed E-state index contributed by atoms with van der Waals surface area (Å²) in [5, 5.41) is 10.6. The number of benzene rings is 1. The Hall–Kier alpha value is -2.37. The normalized spacial score (nSPS) is 10.9. The molecule has 0 bridgehead atoms. The molecule has 0 spiro atoms. The van der Waals surface area contributed by atoms with E-state index in [1.165, 1.54) is 12.3 Å². The van der Waals surface area contributed by atoms with Crippen LogP contribution in [0.3, 0.4) is 0 Å². The van der Waals surface area contributed by atoms with Crippen LogP contribution >= 0.6 is 23.2 Å². The Morgan fingerprint density at radius 2 is 1.87 bits per heavy atom. The molecule has 5 nitrogen and oxygen atoms in total. The number of aromatic nitrogens is 2. The van der Waals surface area contributed by atoms with E-state index in [-0.39, 0.29) is 17.8 Å². The van der Waals surface area contributed by atoms with Crippen LogP contribution in [0.5, 0.6) is 0 Å². The molecule has 0 atom stereocenters. The van der Waals surface area contributed by atoms with E-state index in [0.29, 0.717) is 26.5 Å². The topological polar surface area (TPSA) is 83.0 Å². The summed E-state index contributed by atoms with van der Waals surface area (Å²) in [6.07, 6.45) is 1.13. The molecule has 1 aromatic carbocycles. The van der Waals surface area contributed by atoms with E-state index >= 15 is 0 Å². The molecule has 0 unspecified atom stereocenters. The fraction of sp³-hybridized carbons (Fsp3) is 0.0625. The highest BCUT2D eigenvalue weighted by molar-refractivity contribution is 6.31. The number of H-pyrrole nitrogens is 1. The van der Waals surface area contributed by atoms with Gasteiger partial charge in [0.15, 0.2) is 0 Å². The van der Waals surface area contributed by atoms with Gasteiger partial charge in [-0.2, -0.15) is 0 Å². The fourth-order valence-corrected chi connectivity index (χ4v) is 2.75. The molecule has 0 amide bonds. The molecule has 0 aliphatic heterocycles. The number of hydrogen-bond acceptors (Lipinski definition) is 3. The summed E-state index contributed by atoms with van der Waals surface area (Å²) in [5.41, 5.74) is 1.32. The number of fused-ring (bicyclic) bond motifs is 1. The summed E-state index contributed by atoms with van der Waals surface area (Å²) < 4.78 is 0. The molecule has 0 radical (unpaired) electrons. The van der Waals surface area contributed by atoms with E-state index in [2.05, 4.69) is 9.97 Å². The molecule has 3 rings (SSSR count). The molecule has 0 aliphatic rings. The Bertz CT molecular complexity index is 934. The Morgan fingerprint density at radius 1 is 1.13 bits per heavy atom. The van der Waals surface area contributed by atoms with Gasteiger partial charge in [-0.3, -0.25) is 14.6 Å². The molecule has 7 heteroatoms. The highest BCUT2D eigenvalue weighted by Crippen LogP contribution is 2.27. The van der Waals surface area contributed by atoms with E-state index < -0.39 is 11.8 Å². The minimum Gasteiger partial charge on any atom is -0.481 e. The van der Waals surface area contributed by atoms with Crippen LogP contribution < -0.4 is 0 Å². The van der Waals surface area contributed by atoms with Gasteiger partial charge in [-0.1, -0.05) is 29.3 Å². The van der Waals surface area contributed by atoms with Gasteiger partial charge in [-0.05, 0) is 24.3 Å². The van der Waals surface area contributed by atoms with Gasteiger partial charge in [0, 0.05) is 32.7 Å². The van der Waals surface area contributed by atoms with Crippen LogP contribution in [0.15, 0.2) is 36.5 Å². The van der Waals surface area contributed by atoms with Gasteiger partial charge in [0.2, 0.25) is 5.78 Å². The van der Waals surface area contributed by atoms with E-state index in [1.807, 2.05) is 0 Å². The highest BCUT2D eigenvalue weighted by Gasteiger charge is 2.22. The first-order valence-corrected chi connectivity index (χ1v) is 7.39. The smallest absolute Gasteiger partial charge is 0.307 e. The van der Waals surface area contributed by atoms with Crippen molar-refractivity contribution in [2.45, 2.75) is 6.42 Å². The van der Waals surface area contributed by atoms with Gasteiger partial charge in [-0.25, -0.2) is 0 Å². The number of carbonyl (C=O) groups is 2. The van der Waals surface area contributed by atoms with Crippen molar-refractivity contribution in [1.82, 2.24) is 9.97 Å². The number of halogens is 2. The monoisotopic (exact) mass is 348 g/mol. The number of pyridine rings is 1. The van der Waals surface area contributed by atoms with Crippen molar-refractivity contribution in [3.05, 3.63) is 63.5 Å². The summed E-state index contributed by atoms with van der Waals surface area (Å²) >= 11 is 11.8. The van der Waals surface area contributed by atoms with Crippen LogP contribution in [0.1, 0.15) is 21.7 Å². The third-order valence-electron chi connectivity index (χ3n) is 3.38. The third-order valence-corrected chi connectivity index (χ3v) is 3.85. The van der Waals surface area contributed by atoms with Crippen molar-refractivity contribution in [3.8, 4) is 0 Å². The second kappa shape index (κ2) is 6.02. The molecule has 0 saturated carbocycles. The zero-order valence-corrected chi connectivity index (χ0v) is 13.1. The zero-order chi connectivity index (χ0) is 16.6. The van der Waals surface area contributed by atoms with Crippen molar-refractivity contribution in [3.63, 3.8) is 0 Å². The maximum absolute atomic E-state index is 12.7. The number of carboxylic acids is 1. The minimum absolute atomic E-state index is 0.141.